The van der Waals surface area contributed by atoms with Crippen LogP contribution in [0.2, 0.25) is 0 Å². The van der Waals surface area contributed by atoms with Crippen LogP contribution in [0.1, 0.15) is 50.0 Å². The highest BCUT2D eigenvalue weighted by Gasteiger charge is 2.46. The molecule has 4 atom stereocenters. The Labute approximate surface area is 135 Å². The molecule has 3 rings (SSSR count). The average Bonchev–Trinajstić information content (AvgIpc) is 3.34. The molecular weight excluding hydrogens is 300 g/mol. The van der Waals surface area contributed by atoms with Gasteiger partial charge in [0, 0.05) is 24.5 Å². The van der Waals surface area contributed by atoms with Crippen LogP contribution in [0.5, 0.6) is 0 Å². The summed E-state index contributed by atoms with van der Waals surface area (Å²) >= 11 is 0. The number of benzene rings is 1. The van der Waals surface area contributed by atoms with E-state index in [1.54, 1.807) is 6.07 Å². The van der Waals surface area contributed by atoms with Crippen LogP contribution < -0.4 is 5.32 Å². The van der Waals surface area contributed by atoms with Crippen LogP contribution in [-0.2, 0) is 4.79 Å². The second kappa shape index (κ2) is 6.95. The number of amides is 1. The standard InChI is InChI=1S/C18H23F2NO2/c19-15-7-4-6-12(17(15)20)13-9-14(13)18(23)21-16-8-3-1-2-5-11(16)10-22/h4,6-7,11,13-14,16,22H,1-3,5,8-10H2,(H,21,23). The Morgan fingerprint density at radius 2 is 2.00 bits per heavy atom. The highest BCUT2D eigenvalue weighted by molar-refractivity contribution is 5.83. The Morgan fingerprint density at radius 1 is 1.22 bits per heavy atom. The van der Waals surface area contributed by atoms with Crippen LogP contribution in [-0.4, -0.2) is 23.7 Å². The van der Waals surface area contributed by atoms with Crippen molar-refractivity contribution in [2.75, 3.05) is 6.61 Å². The van der Waals surface area contributed by atoms with E-state index < -0.39 is 11.6 Å². The molecule has 1 aromatic carbocycles. The normalized spacial score (nSPS) is 30.6. The molecule has 3 nitrogen and oxygen atoms in total. The third kappa shape index (κ3) is 3.55. The van der Waals surface area contributed by atoms with E-state index in [2.05, 4.69) is 5.32 Å². The molecule has 0 heterocycles. The van der Waals surface area contributed by atoms with Crippen molar-refractivity contribution in [3.05, 3.63) is 35.4 Å². The Kier molecular flexibility index (Phi) is 4.95. The van der Waals surface area contributed by atoms with Gasteiger partial charge in [-0.2, -0.15) is 0 Å². The van der Waals surface area contributed by atoms with Crippen molar-refractivity contribution in [2.24, 2.45) is 11.8 Å². The Balaban J connectivity index is 1.62. The van der Waals surface area contributed by atoms with Crippen LogP contribution >= 0.6 is 0 Å². The molecule has 23 heavy (non-hydrogen) atoms. The van der Waals surface area contributed by atoms with Gasteiger partial charge in [0.05, 0.1) is 0 Å². The molecule has 126 valence electrons. The van der Waals surface area contributed by atoms with Crippen molar-refractivity contribution in [1.29, 1.82) is 0 Å². The van der Waals surface area contributed by atoms with Gasteiger partial charge in [0.2, 0.25) is 5.91 Å². The number of hydrogen-bond donors (Lipinski definition) is 2. The van der Waals surface area contributed by atoms with Gasteiger partial charge < -0.3 is 10.4 Å². The maximum absolute atomic E-state index is 13.8. The van der Waals surface area contributed by atoms with Gasteiger partial charge in [-0.15, -0.1) is 0 Å². The van der Waals surface area contributed by atoms with E-state index in [9.17, 15) is 18.7 Å². The summed E-state index contributed by atoms with van der Waals surface area (Å²) in [4.78, 5) is 12.4. The van der Waals surface area contributed by atoms with Crippen LogP contribution in [0.4, 0.5) is 8.78 Å². The molecule has 2 saturated carbocycles. The van der Waals surface area contributed by atoms with E-state index >= 15 is 0 Å². The van der Waals surface area contributed by atoms with E-state index in [0.29, 0.717) is 12.0 Å². The molecule has 2 fully saturated rings. The van der Waals surface area contributed by atoms with Gasteiger partial charge in [0.15, 0.2) is 11.6 Å². The number of hydrogen-bond acceptors (Lipinski definition) is 2. The number of aliphatic hydroxyl groups excluding tert-OH is 1. The van der Waals surface area contributed by atoms with Gasteiger partial charge in [-0.25, -0.2) is 8.78 Å². The van der Waals surface area contributed by atoms with Crippen molar-refractivity contribution in [2.45, 2.75) is 50.5 Å². The fourth-order valence-corrected chi connectivity index (χ4v) is 3.72. The topological polar surface area (TPSA) is 49.3 Å². The summed E-state index contributed by atoms with van der Waals surface area (Å²) in [7, 11) is 0. The highest BCUT2D eigenvalue weighted by atomic mass is 19.2. The van der Waals surface area contributed by atoms with Gasteiger partial charge in [-0.1, -0.05) is 31.4 Å². The highest BCUT2D eigenvalue weighted by Crippen LogP contribution is 2.48. The van der Waals surface area contributed by atoms with Gasteiger partial charge in [0.1, 0.15) is 0 Å². The predicted molar refractivity (Wildman–Crippen MR) is 82.8 cm³/mol. The number of carbonyl (C=O) groups is 1. The summed E-state index contributed by atoms with van der Waals surface area (Å²) < 4.78 is 27.1. The molecule has 2 N–H and O–H groups in total. The molecule has 2 aliphatic carbocycles. The van der Waals surface area contributed by atoms with E-state index in [1.807, 2.05) is 0 Å². The molecule has 0 aliphatic heterocycles. The fraction of sp³-hybridized carbons (Fsp3) is 0.611. The van der Waals surface area contributed by atoms with Crippen molar-refractivity contribution >= 4 is 5.91 Å². The third-order valence-electron chi connectivity index (χ3n) is 5.23. The lowest BCUT2D eigenvalue weighted by atomic mass is 9.95. The smallest absolute Gasteiger partial charge is 0.223 e. The quantitative estimate of drug-likeness (QED) is 0.837. The fourth-order valence-electron chi connectivity index (χ4n) is 3.72. The monoisotopic (exact) mass is 323 g/mol. The minimum atomic E-state index is -0.863. The van der Waals surface area contributed by atoms with E-state index in [0.717, 1.165) is 38.2 Å². The zero-order valence-electron chi connectivity index (χ0n) is 13.1. The van der Waals surface area contributed by atoms with Gasteiger partial charge >= 0.3 is 0 Å². The van der Waals surface area contributed by atoms with Crippen LogP contribution in [0, 0.1) is 23.5 Å². The zero-order chi connectivity index (χ0) is 16.4. The molecular formula is C18H23F2NO2. The van der Waals surface area contributed by atoms with Crippen molar-refractivity contribution in [1.82, 2.24) is 5.32 Å². The second-order valence-electron chi connectivity index (χ2n) is 6.79. The molecule has 0 bridgehead atoms. The average molecular weight is 323 g/mol. The van der Waals surface area contributed by atoms with E-state index in [4.69, 9.17) is 0 Å². The number of halogens is 2. The van der Waals surface area contributed by atoms with Crippen LogP contribution in [0.25, 0.3) is 0 Å². The summed E-state index contributed by atoms with van der Waals surface area (Å²) in [5.74, 6) is -2.21. The zero-order valence-corrected chi connectivity index (χ0v) is 13.1. The SMILES string of the molecule is O=C(NC1CCCCCC1CO)C1CC1c1cccc(F)c1F. The summed E-state index contributed by atoms with van der Waals surface area (Å²) in [6, 6.07) is 4.12. The number of rotatable bonds is 4. The maximum atomic E-state index is 13.8. The molecule has 0 radical (unpaired) electrons. The lowest BCUT2D eigenvalue weighted by Gasteiger charge is -2.24. The molecule has 5 heteroatoms. The molecule has 1 amide bonds. The minimum Gasteiger partial charge on any atom is -0.396 e. The summed E-state index contributed by atoms with van der Waals surface area (Å²) in [5.41, 5.74) is 0.296. The Morgan fingerprint density at radius 3 is 2.78 bits per heavy atom. The first kappa shape index (κ1) is 16.4. The van der Waals surface area contributed by atoms with E-state index in [1.165, 1.54) is 6.07 Å². The number of aliphatic hydroxyl groups is 1. The molecule has 0 saturated heterocycles. The summed E-state index contributed by atoms with van der Waals surface area (Å²) in [5, 5.41) is 12.5. The first-order valence-electron chi connectivity index (χ1n) is 8.47. The second-order valence-corrected chi connectivity index (χ2v) is 6.79. The van der Waals surface area contributed by atoms with Crippen molar-refractivity contribution in [3.8, 4) is 0 Å². The minimum absolute atomic E-state index is 0.00592. The molecule has 0 spiro atoms. The molecule has 4 unspecified atom stereocenters. The van der Waals surface area contributed by atoms with Crippen LogP contribution in [0.15, 0.2) is 18.2 Å². The lowest BCUT2D eigenvalue weighted by Crippen LogP contribution is -2.42. The maximum Gasteiger partial charge on any atom is 0.223 e. The largest absolute Gasteiger partial charge is 0.396 e. The number of nitrogens with one attached hydrogen (secondary N) is 1. The molecule has 0 aromatic heterocycles. The van der Waals surface area contributed by atoms with Gasteiger partial charge in [0.25, 0.3) is 0 Å². The first-order valence-corrected chi connectivity index (χ1v) is 8.47. The van der Waals surface area contributed by atoms with E-state index in [-0.39, 0.29) is 36.3 Å². The van der Waals surface area contributed by atoms with Gasteiger partial charge in [-0.05, 0) is 36.8 Å². The Bertz CT molecular complexity index is 578. The first-order chi connectivity index (χ1) is 11.1. The van der Waals surface area contributed by atoms with Gasteiger partial charge in [-0.3, -0.25) is 4.79 Å². The summed E-state index contributed by atoms with van der Waals surface area (Å²) in [6.45, 7) is 0.0809. The summed E-state index contributed by atoms with van der Waals surface area (Å²) in [6.07, 6.45) is 5.62. The number of carbonyl (C=O) groups excluding carboxylic acids is 1. The van der Waals surface area contributed by atoms with Crippen molar-refractivity contribution < 1.29 is 18.7 Å². The van der Waals surface area contributed by atoms with Crippen molar-refractivity contribution in [3.63, 3.8) is 0 Å². The molecule has 2 aliphatic rings. The predicted octanol–water partition coefficient (Wildman–Crippen LogP) is 3.13. The lowest BCUT2D eigenvalue weighted by molar-refractivity contribution is -0.123. The third-order valence-corrected chi connectivity index (χ3v) is 5.23. The van der Waals surface area contributed by atoms with Crippen LogP contribution in [0.3, 0.4) is 0 Å². The molecule has 1 aromatic rings. The Hall–Kier alpha value is -1.49.